The summed E-state index contributed by atoms with van der Waals surface area (Å²) in [5.74, 6) is -1.63. The number of nitrogens with zero attached hydrogens (tertiary/aromatic N) is 2. The number of carbonyl (C=O) groups excluding carboxylic acids is 1. The number of benzene rings is 2. The van der Waals surface area contributed by atoms with Crippen LogP contribution in [0.5, 0.6) is 0 Å². The van der Waals surface area contributed by atoms with Crippen LogP contribution < -0.4 is 10.3 Å². The lowest BCUT2D eigenvalue weighted by Gasteiger charge is -2.13. The first-order chi connectivity index (χ1) is 16.1. The van der Waals surface area contributed by atoms with E-state index >= 15 is 0 Å². The maximum atomic E-state index is 14.7. The van der Waals surface area contributed by atoms with E-state index in [4.69, 9.17) is 11.6 Å². The van der Waals surface area contributed by atoms with Gasteiger partial charge in [-0.15, -0.1) is 0 Å². The van der Waals surface area contributed by atoms with Crippen LogP contribution in [0.4, 0.5) is 4.39 Å². The summed E-state index contributed by atoms with van der Waals surface area (Å²) in [5.41, 5.74) is 0.234. The molecule has 0 atom stereocenters. The lowest BCUT2D eigenvalue weighted by molar-refractivity contribution is 0.0974. The Morgan fingerprint density at radius 3 is 2.68 bits per heavy atom. The van der Waals surface area contributed by atoms with Crippen LogP contribution >= 0.6 is 11.6 Å². The van der Waals surface area contributed by atoms with E-state index in [9.17, 15) is 27.7 Å². The van der Waals surface area contributed by atoms with Crippen molar-refractivity contribution in [3.63, 3.8) is 0 Å². The Hall–Kier alpha value is -3.94. The van der Waals surface area contributed by atoms with Gasteiger partial charge in [0.25, 0.3) is 11.5 Å². The predicted octanol–water partition coefficient (Wildman–Crippen LogP) is 3.40. The van der Waals surface area contributed by atoms with E-state index in [2.05, 4.69) is 4.98 Å². The molecule has 2 aromatic heterocycles. The molecule has 11 heteroatoms. The van der Waals surface area contributed by atoms with E-state index in [0.717, 1.165) is 12.3 Å². The molecule has 0 radical (unpaired) electrons. The molecule has 2 N–H and O–H groups in total. The molecule has 2 heterocycles. The second kappa shape index (κ2) is 8.78. The minimum Gasteiger partial charge on any atom is -0.331 e. The molecule has 0 unspecified atom stereocenters. The fraction of sp³-hybridized carbons (Fsp3) is 0.0870. The average Bonchev–Trinajstić information content (AvgIpc) is 3.07. The van der Waals surface area contributed by atoms with Gasteiger partial charge >= 0.3 is 0 Å². The van der Waals surface area contributed by atoms with Crippen molar-refractivity contribution in [2.45, 2.75) is 6.54 Å². The fourth-order valence-electron chi connectivity index (χ4n) is 3.77. The smallest absolute Gasteiger partial charge is 0.282 e. The molecule has 0 aliphatic heterocycles. The first-order valence-electron chi connectivity index (χ1n) is 9.79. The van der Waals surface area contributed by atoms with Crippen LogP contribution in [-0.4, -0.2) is 30.1 Å². The molecule has 4 aromatic rings. The molecule has 0 spiro atoms. The average molecular weight is 499 g/mol. The van der Waals surface area contributed by atoms with E-state index in [1.165, 1.54) is 35.0 Å². The largest absolute Gasteiger partial charge is 0.331 e. The van der Waals surface area contributed by atoms with E-state index in [1.807, 2.05) is 10.8 Å². The number of carbonyl (C=O) groups is 1. The van der Waals surface area contributed by atoms with Crippen molar-refractivity contribution >= 4 is 38.4 Å². The molecule has 0 aliphatic rings. The van der Waals surface area contributed by atoms with Gasteiger partial charge in [-0.3, -0.25) is 9.59 Å². The highest BCUT2D eigenvalue weighted by Gasteiger charge is 2.27. The fourth-order valence-corrected chi connectivity index (χ4v) is 4.38. The molecular weight excluding hydrogens is 483 g/mol. The number of pyridine rings is 1. The standard InChI is InChI=1S/C23H16ClFN4O4S/c1-34(32,33)28-23(31)21-20(16-3-2-8-27-22(16)30)17-10-15(24)5-7-19(17)29(21)12-14-9-13(11-26)4-6-18(14)25/h2-10H,12H2,1H3,(H,27,30)(H,28,31). The van der Waals surface area contributed by atoms with Crippen LogP contribution in [0.3, 0.4) is 0 Å². The van der Waals surface area contributed by atoms with E-state index < -0.39 is 27.3 Å². The third kappa shape index (κ3) is 4.44. The van der Waals surface area contributed by atoms with Gasteiger partial charge in [-0.1, -0.05) is 11.6 Å². The first-order valence-corrected chi connectivity index (χ1v) is 12.1. The minimum atomic E-state index is -3.98. The van der Waals surface area contributed by atoms with Gasteiger partial charge in [0.1, 0.15) is 11.5 Å². The Kier molecular flexibility index (Phi) is 6.00. The maximum absolute atomic E-state index is 14.7. The topological polar surface area (TPSA) is 125 Å². The SMILES string of the molecule is CS(=O)(=O)NC(=O)c1c(-c2ccc[nH]c2=O)c2cc(Cl)ccc2n1Cc1cc(C#N)ccc1F. The summed E-state index contributed by atoms with van der Waals surface area (Å²) in [6.07, 6.45) is 2.23. The van der Waals surface area contributed by atoms with Crippen molar-refractivity contribution in [2.24, 2.45) is 0 Å². The maximum Gasteiger partial charge on any atom is 0.282 e. The number of sulfonamides is 1. The van der Waals surface area contributed by atoms with Gasteiger partial charge in [0.2, 0.25) is 10.0 Å². The molecule has 2 aromatic carbocycles. The number of aromatic amines is 1. The van der Waals surface area contributed by atoms with Gasteiger partial charge < -0.3 is 9.55 Å². The van der Waals surface area contributed by atoms with Crippen LogP contribution in [0, 0.1) is 17.1 Å². The molecule has 0 saturated heterocycles. The minimum absolute atomic E-state index is 0.0906. The highest BCUT2D eigenvalue weighted by Crippen LogP contribution is 2.36. The molecule has 1 amide bonds. The number of halogens is 2. The van der Waals surface area contributed by atoms with Gasteiger partial charge in [0, 0.05) is 38.8 Å². The van der Waals surface area contributed by atoms with Crippen LogP contribution in [0.25, 0.3) is 22.0 Å². The molecule has 0 aliphatic carbocycles. The summed E-state index contributed by atoms with van der Waals surface area (Å²) < 4.78 is 41.7. The number of hydrogen-bond acceptors (Lipinski definition) is 5. The molecular formula is C23H16ClFN4O4S. The number of hydrogen-bond donors (Lipinski definition) is 2. The Labute approximate surface area is 198 Å². The van der Waals surface area contributed by atoms with Crippen LogP contribution in [0.2, 0.25) is 5.02 Å². The molecule has 34 heavy (non-hydrogen) atoms. The Balaban J connectivity index is 2.10. The van der Waals surface area contributed by atoms with Crippen molar-refractivity contribution in [1.82, 2.24) is 14.3 Å². The second-order valence-corrected chi connectivity index (χ2v) is 9.69. The van der Waals surface area contributed by atoms with Crippen molar-refractivity contribution in [1.29, 1.82) is 5.26 Å². The van der Waals surface area contributed by atoms with Crippen molar-refractivity contribution in [3.8, 4) is 17.2 Å². The Morgan fingerprint density at radius 1 is 1.24 bits per heavy atom. The molecule has 0 fully saturated rings. The van der Waals surface area contributed by atoms with Gasteiger partial charge in [0.05, 0.1) is 24.4 Å². The number of H-pyrrole nitrogens is 1. The van der Waals surface area contributed by atoms with Crippen molar-refractivity contribution in [3.05, 3.63) is 92.7 Å². The van der Waals surface area contributed by atoms with Crippen molar-refractivity contribution < 1.29 is 17.6 Å². The summed E-state index contributed by atoms with van der Waals surface area (Å²) in [4.78, 5) is 28.4. The molecule has 0 bridgehead atoms. The lowest BCUT2D eigenvalue weighted by atomic mass is 10.0. The number of nitrogens with one attached hydrogen (secondary N) is 2. The zero-order valence-corrected chi connectivity index (χ0v) is 19.2. The summed E-state index contributed by atoms with van der Waals surface area (Å²) in [6.45, 7) is -0.225. The molecule has 172 valence electrons. The van der Waals surface area contributed by atoms with Gasteiger partial charge in [-0.2, -0.15) is 5.26 Å². The lowest BCUT2D eigenvalue weighted by Crippen LogP contribution is -2.32. The summed E-state index contributed by atoms with van der Waals surface area (Å²) >= 11 is 6.20. The monoisotopic (exact) mass is 498 g/mol. The summed E-state index contributed by atoms with van der Waals surface area (Å²) in [7, 11) is -3.98. The van der Waals surface area contributed by atoms with Crippen LogP contribution in [-0.2, 0) is 16.6 Å². The number of aromatic nitrogens is 2. The number of rotatable bonds is 5. The van der Waals surface area contributed by atoms with Crippen molar-refractivity contribution in [2.75, 3.05) is 6.26 Å². The van der Waals surface area contributed by atoms with Crippen LogP contribution in [0.1, 0.15) is 21.6 Å². The van der Waals surface area contributed by atoms with Gasteiger partial charge in [-0.25, -0.2) is 17.5 Å². The zero-order chi connectivity index (χ0) is 24.6. The van der Waals surface area contributed by atoms with Crippen LogP contribution in [0.15, 0.2) is 59.5 Å². The zero-order valence-electron chi connectivity index (χ0n) is 17.6. The summed E-state index contributed by atoms with van der Waals surface area (Å²) in [6, 6.07) is 13.4. The third-order valence-corrected chi connectivity index (χ3v) is 5.90. The number of amides is 1. The molecule has 0 saturated carbocycles. The van der Waals surface area contributed by atoms with E-state index in [1.54, 1.807) is 18.2 Å². The number of nitriles is 1. The summed E-state index contributed by atoms with van der Waals surface area (Å²) in [5, 5.41) is 9.91. The van der Waals surface area contributed by atoms with E-state index in [-0.39, 0.29) is 34.5 Å². The quantitative estimate of drug-likeness (QED) is 0.436. The normalized spacial score (nSPS) is 11.4. The predicted molar refractivity (Wildman–Crippen MR) is 126 cm³/mol. The Morgan fingerprint density at radius 2 is 2.00 bits per heavy atom. The molecule has 8 nitrogen and oxygen atoms in total. The van der Waals surface area contributed by atoms with Gasteiger partial charge in [-0.05, 0) is 48.5 Å². The molecule has 4 rings (SSSR count). The highest BCUT2D eigenvalue weighted by atomic mass is 35.5. The van der Waals surface area contributed by atoms with E-state index in [0.29, 0.717) is 15.9 Å². The Bertz CT molecular complexity index is 1670. The highest BCUT2D eigenvalue weighted by molar-refractivity contribution is 7.89. The second-order valence-electron chi connectivity index (χ2n) is 7.51. The number of fused-ring (bicyclic) bond motifs is 1. The first kappa shape index (κ1) is 23.2. The third-order valence-electron chi connectivity index (χ3n) is 5.11. The van der Waals surface area contributed by atoms with Gasteiger partial charge in [0.15, 0.2) is 0 Å².